The van der Waals surface area contributed by atoms with E-state index in [1.807, 2.05) is 6.07 Å². The Labute approximate surface area is 131 Å². The van der Waals surface area contributed by atoms with E-state index in [1.54, 1.807) is 19.2 Å². The predicted octanol–water partition coefficient (Wildman–Crippen LogP) is 4.14. The van der Waals surface area contributed by atoms with Gasteiger partial charge in [0.1, 0.15) is 5.75 Å². The minimum atomic E-state index is -0.213. The largest absolute Gasteiger partial charge is 0.496 e. The van der Waals surface area contributed by atoms with Crippen LogP contribution >= 0.6 is 31.9 Å². The van der Waals surface area contributed by atoms with Gasteiger partial charge in [0.2, 0.25) is 0 Å². The molecule has 1 aromatic rings. The van der Waals surface area contributed by atoms with Gasteiger partial charge in [0.15, 0.2) is 0 Å². The van der Waals surface area contributed by atoms with Crippen LogP contribution in [0.2, 0.25) is 0 Å². The summed E-state index contributed by atoms with van der Waals surface area (Å²) < 4.78 is 6.15. The van der Waals surface area contributed by atoms with E-state index in [4.69, 9.17) is 4.74 Å². The van der Waals surface area contributed by atoms with Crippen molar-refractivity contribution in [2.75, 3.05) is 12.4 Å². The summed E-state index contributed by atoms with van der Waals surface area (Å²) in [6, 6.07) is 5.40. The Balaban J connectivity index is 3.01. The SMILES string of the molecule is CCC(CC)(CBr)NC(=O)c1ccc(Br)cc1OC. The number of carbonyl (C=O) groups excluding carboxylic acids is 1. The van der Waals surface area contributed by atoms with Crippen molar-refractivity contribution in [3.8, 4) is 5.75 Å². The minimum Gasteiger partial charge on any atom is -0.496 e. The zero-order valence-corrected chi connectivity index (χ0v) is 14.6. The normalized spacial score (nSPS) is 11.2. The molecule has 0 atom stereocenters. The summed E-state index contributed by atoms with van der Waals surface area (Å²) >= 11 is 6.86. The van der Waals surface area contributed by atoms with Gasteiger partial charge in [0.05, 0.1) is 12.7 Å². The van der Waals surface area contributed by atoms with E-state index < -0.39 is 0 Å². The van der Waals surface area contributed by atoms with Crippen molar-refractivity contribution in [2.45, 2.75) is 32.2 Å². The summed E-state index contributed by atoms with van der Waals surface area (Å²) in [6.45, 7) is 4.15. The molecule has 0 heterocycles. The second-order valence-corrected chi connectivity index (χ2v) is 5.90. The van der Waals surface area contributed by atoms with Crippen molar-refractivity contribution in [3.63, 3.8) is 0 Å². The summed E-state index contributed by atoms with van der Waals surface area (Å²) in [5, 5.41) is 3.84. The third kappa shape index (κ3) is 3.96. The maximum absolute atomic E-state index is 12.4. The highest BCUT2D eigenvalue weighted by Gasteiger charge is 2.28. The van der Waals surface area contributed by atoms with Crippen molar-refractivity contribution >= 4 is 37.8 Å². The van der Waals surface area contributed by atoms with Crippen molar-refractivity contribution in [1.82, 2.24) is 5.32 Å². The number of benzene rings is 1. The second-order valence-electron chi connectivity index (χ2n) is 4.42. The highest BCUT2D eigenvalue weighted by atomic mass is 79.9. The molecule has 0 aliphatic rings. The first-order chi connectivity index (χ1) is 9.01. The second kappa shape index (κ2) is 7.29. The maximum atomic E-state index is 12.4. The lowest BCUT2D eigenvalue weighted by molar-refractivity contribution is 0.0900. The Morgan fingerprint density at radius 2 is 2.00 bits per heavy atom. The number of hydrogen-bond donors (Lipinski definition) is 1. The zero-order chi connectivity index (χ0) is 14.5. The molecule has 0 aliphatic heterocycles. The lowest BCUT2D eigenvalue weighted by atomic mass is 9.95. The number of hydrogen-bond acceptors (Lipinski definition) is 2. The summed E-state index contributed by atoms with van der Waals surface area (Å²) in [5.41, 5.74) is 0.341. The van der Waals surface area contributed by atoms with E-state index in [0.717, 1.165) is 22.6 Å². The van der Waals surface area contributed by atoms with Crippen molar-refractivity contribution < 1.29 is 9.53 Å². The number of amides is 1. The van der Waals surface area contributed by atoms with Gasteiger partial charge in [-0.1, -0.05) is 45.7 Å². The molecule has 0 bridgehead atoms. The van der Waals surface area contributed by atoms with Gasteiger partial charge >= 0.3 is 0 Å². The van der Waals surface area contributed by atoms with E-state index in [2.05, 4.69) is 51.0 Å². The number of ether oxygens (including phenoxy) is 1. The van der Waals surface area contributed by atoms with Crippen LogP contribution in [-0.2, 0) is 0 Å². The summed E-state index contributed by atoms with van der Waals surface area (Å²) in [6.07, 6.45) is 1.75. The van der Waals surface area contributed by atoms with Crippen molar-refractivity contribution in [1.29, 1.82) is 0 Å². The third-order valence-corrected chi connectivity index (χ3v) is 4.96. The first kappa shape index (κ1) is 16.5. The molecule has 19 heavy (non-hydrogen) atoms. The summed E-state index contributed by atoms with van der Waals surface area (Å²) in [7, 11) is 1.57. The lowest BCUT2D eigenvalue weighted by Crippen LogP contribution is -2.49. The number of halogens is 2. The van der Waals surface area contributed by atoms with Crippen LogP contribution in [0.1, 0.15) is 37.0 Å². The molecule has 1 N–H and O–H groups in total. The molecule has 0 aromatic heterocycles. The quantitative estimate of drug-likeness (QED) is 0.738. The van der Waals surface area contributed by atoms with E-state index >= 15 is 0 Å². The molecule has 0 radical (unpaired) electrons. The first-order valence-corrected chi connectivity index (χ1v) is 8.15. The predicted molar refractivity (Wildman–Crippen MR) is 85.3 cm³/mol. The fraction of sp³-hybridized carbons (Fsp3) is 0.500. The van der Waals surface area contributed by atoms with Crippen LogP contribution < -0.4 is 10.1 Å². The average Bonchev–Trinajstić information content (AvgIpc) is 2.44. The number of methoxy groups -OCH3 is 1. The van der Waals surface area contributed by atoms with Crippen LogP contribution in [0.3, 0.4) is 0 Å². The number of alkyl halides is 1. The molecule has 1 amide bonds. The number of carbonyl (C=O) groups is 1. The Bertz CT molecular complexity index is 437. The molecule has 1 aromatic carbocycles. The van der Waals surface area contributed by atoms with Crippen LogP contribution in [0.25, 0.3) is 0 Å². The molecule has 5 heteroatoms. The van der Waals surface area contributed by atoms with Gasteiger partial charge in [-0.25, -0.2) is 0 Å². The Morgan fingerprint density at radius 1 is 1.37 bits per heavy atom. The molecule has 3 nitrogen and oxygen atoms in total. The van der Waals surface area contributed by atoms with Gasteiger partial charge in [0.25, 0.3) is 5.91 Å². The number of nitrogens with one attached hydrogen (secondary N) is 1. The van der Waals surface area contributed by atoms with Gasteiger partial charge in [-0.05, 0) is 31.0 Å². The van der Waals surface area contributed by atoms with E-state index in [1.165, 1.54) is 0 Å². The summed E-state index contributed by atoms with van der Waals surface area (Å²) in [4.78, 5) is 12.4. The Morgan fingerprint density at radius 3 is 2.47 bits per heavy atom. The van der Waals surface area contributed by atoms with Gasteiger partial charge in [-0.15, -0.1) is 0 Å². The third-order valence-electron chi connectivity index (χ3n) is 3.40. The Kier molecular flexibility index (Phi) is 6.33. The molecular weight excluding hydrogens is 374 g/mol. The number of rotatable bonds is 6. The van der Waals surface area contributed by atoms with Crippen LogP contribution in [0.4, 0.5) is 0 Å². The molecule has 0 saturated carbocycles. The Hall–Kier alpha value is -0.550. The maximum Gasteiger partial charge on any atom is 0.255 e. The van der Waals surface area contributed by atoms with Gasteiger partial charge < -0.3 is 10.1 Å². The summed E-state index contributed by atoms with van der Waals surface area (Å²) in [5.74, 6) is 0.468. The molecule has 1 rings (SSSR count). The van der Waals surface area contributed by atoms with E-state index in [0.29, 0.717) is 11.3 Å². The highest BCUT2D eigenvalue weighted by molar-refractivity contribution is 9.10. The van der Waals surface area contributed by atoms with Gasteiger partial charge in [-0.2, -0.15) is 0 Å². The highest BCUT2D eigenvalue weighted by Crippen LogP contribution is 2.25. The van der Waals surface area contributed by atoms with Crippen LogP contribution in [-0.4, -0.2) is 23.9 Å². The fourth-order valence-corrected chi connectivity index (χ4v) is 3.08. The molecule has 0 fully saturated rings. The van der Waals surface area contributed by atoms with Gasteiger partial charge in [0, 0.05) is 15.3 Å². The lowest BCUT2D eigenvalue weighted by Gasteiger charge is -2.31. The molecule has 0 spiro atoms. The van der Waals surface area contributed by atoms with E-state index in [9.17, 15) is 4.79 Å². The molecule has 0 unspecified atom stereocenters. The zero-order valence-electron chi connectivity index (χ0n) is 11.4. The van der Waals surface area contributed by atoms with Crippen LogP contribution in [0, 0.1) is 0 Å². The standard InChI is InChI=1S/C14H19Br2NO2/c1-4-14(5-2,9-15)17-13(18)11-7-6-10(16)8-12(11)19-3/h6-8H,4-5,9H2,1-3H3,(H,17,18). The van der Waals surface area contributed by atoms with Crippen molar-refractivity contribution in [3.05, 3.63) is 28.2 Å². The average molecular weight is 393 g/mol. The molecular formula is C14H19Br2NO2. The minimum absolute atomic E-state index is 0.104. The molecule has 106 valence electrons. The van der Waals surface area contributed by atoms with Crippen molar-refractivity contribution in [2.24, 2.45) is 0 Å². The van der Waals surface area contributed by atoms with Gasteiger partial charge in [-0.3, -0.25) is 4.79 Å². The van der Waals surface area contributed by atoms with Crippen LogP contribution in [0.5, 0.6) is 5.75 Å². The molecule has 0 aliphatic carbocycles. The monoisotopic (exact) mass is 391 g/mol. The topological polar surface area (TPSA) is 38.3 Å². The van der Waals surface area contributed by atoms with E-state index in [-0.39, 0.29) is 11.4 Å². The smallest absolute Gasteiger partial charge is 0.255 e. The fourth-order valence-electron chi connectivity index (χ4n) is 1.81. The molecule has 0 saturated heterocycles. The first-order valence-electron chi connectivity index (χ1n) is 6.24. The van der Waals surface area contributed by atoms with Crippen LogP contribution in [0.15, 0.2) is 22.7 Å².